The molecule has 0 spiro atoms. The summed E-state index contributed by atoms with van der Waals surface area (Å²) in [6, 6.07) is 9.48. The number of aromatic nitrogens is 3. The van der Waals surface area contributed by atoms with Crippen LogP contribution in [0.5, 0.6) is 0 Å². The number of primary amides is 1. The highest BCUT2D eigenvalue weighted by atomic mass is 16.3. The molecule has 9 nitrogen and oxygen atoms in total. The first kappa shape index (κ1) is 24.7. The summed E-state index contributed by atoms with van der Waals surface area (Å²) >= 11 is 0. The van der Waals surface area contributed by atoms with Crippen LogP contribution in [-0.4, -0.2) is 63.3 Å². The number of carbonyl (C=O) groups excluding carboxylic acids is 1. The van der Waals surface area contributed by atoms with E-state index in [0.29, 0.717) is 25.2 Å². The number of nitrogens with two attached hydrogens (primary N) is 1. The molecule has 0 bridgehead atoms. The van der Waals surface area contributed by atoms with Crippen LogP contribution in [0.3, 0.4) is 0 Å². The molecule has 4 rings (SSSR count). The third-order valence-corrected chi connectivity index (χ3v) is 6.63. The van der Waals surface area contributed by atoms with Crippen molar-refractivity contribution < 1.29 is 9.90 Å². The zero-order valence-electron chi connectivity index (χ0n) is 20.7. The summed E-state index contributed by atoms with van der Waals surface area (Å²) < 4.78 is 1.83. The zero-order valence-corrected chi connectivity index (χ0v) is 20.7. The zero-order chi connectivity index (χ0) is 25.1. The summed E-state index contributed by atoms with van der Waals surface area (Å²) in [6.07, 6.45) is 2.38. The van der Waals surface area contributed by atoms with E-state index in [0.717, 1.165) is 41.4 Å². The largest absolute Gasteiger partial charge is 0.391 e. The molecule has 5 N–H and O–H groups in total. The highest BCUT2D eigenvalue weighted by molar-refractivity contribution is 6.17. The summed E-state index contributed by atoms with van der Waals surface area (Å²) in [5.41, 5.74) is 9.21. The summed E-state index contributed by atoms with van der Waals surface area (Å²) in [7, 11) is 2.04. The summed E-state index contributed by atoms with van der Waals surface area (Å²) in [5.74, 6) is 1.48. The van der Waals surface area contributed by atoms with Gasteiger partial charge in [0.1, 0.15) is 5.82 Å². The van der Waals surface area contributed by atoms with Crippen LogP contribution in [-0.2, 0) is 11.3 Å². The lowest BCUT2D eigenvalue weighted by Crippen LogP contribution is -2.44. The molecule has 186 valence electrons. The number of likely N-dealkylation sites (tertiary alicyclic amines) is 1. The van der Waals surface area contributed by atoms with Gasteiger partial charge in [0.15, 0.2) is 11.5 Å². The molecule has 1 saturated heterocycles. The average molecular weight is 478 g/mol. The highest BCUT2D eigenvalue weighted by Gasteiger charge is 2.27. The van der Waals surface area contributed by atoms with Crippen LogP contribution in [0.2, 0.25) is 0 Å². The Hall–Kier alpha value is -3.43. The molecule has 0 radical (unpaired) electrons. The second kappa shape index (κ2) is 10.5. The quantitative estimate of drug-likeness (QED) is 0.350. The minimum absolute atomic E-state index is 0.184. The monoisotopic (exact) mass is 477 g/mol. The number of hydrogen-bond donors (Lipinski definition) is 4. The maximum absolute atomic E-state index is 11.5. The van der Waals surface area contributed by atoms with Crippen molar-refractivity contribution in [2.75, 3.05) is 37.3 Å². The summed E-state index contributed by atoms with van der Waals surface area (Å²) in [5, 5.41) is 22.3. The van der Waals surface area contributed by atoms with Crippen molar-refractivity contribution in [3.63, 3.8) is 0 Å². The normalized spacial score (nSPS) is 18.7. The average Bonchev–Trinajstić information content (AvgIpc) is 3.21. The van der Waals surface area contributed by atoms with Crippen LogP contribution in [0.4, 0.5) is 11.6 Å². The van der Waals surface area contributed by atoms with Crippen LogP contribution in [0.1, 0.15) is 42.9 Å². The predicted molar refractivity (Wildman–Crippen MR) is 139 cm³/mol. The number of rotatable bonds is 9. The fourth-order valence-electron chi connectivity index (χ4n) is 4.57. The maximum atomic E-state index is 11.5. The Labute approximate surface area is 206 Å². The Morgan fingerprint density at radius 3 is 2.83 bits per heavy atom. The SMILES string of the molecule is C=C(C(N)=O)c1cccc(CNc2ccnc3c(C(C)C)c(NC[C@H]4CCN(C)C[C@@H]4O)nn23)c1. The standard InChI is InChI=1S/C26H35N7O2/c1-16(2)23-25(30-14-20-9-11-32(4)15-21(20)34)31-33-22(8-10-28-26(23)33)29-13-18-6-5-7-19(12-18)17(3)24(27)35/h5-8,10,12,16,20-21,29,34H,3,9,11,13-15H2,1-2,4H3,(H2,27,35)(H,30,31)/t20-,21+/m1/s1. The van der Waals surface area contributed by atoms with Gasteiger partial charge >= 0.3 is 0 Å². The van der Waals surface area contributed by atoms with Gasteiger partial charge in [0.05, 0.1) is 6.10 Å². The highest BCUT2D eigenvalue weighted by Crippen LogP contribution is 2.30. The van der Waals surface area contributed by atoms with Crippen LogP contribution in [0, 0.1) is 5.92 Å². The second-order valence-electron chi connectivity index (χ2n) is 9.64. The summed E-state index contributed by atoms with van der Waals surface area (Å²) in [4.78, 5) is 18.3. The van der Waals surface area contributed by atoms with E-state index in [1.54, 1.807) is 6.20 Å². The van der Waals surface area contributed by atoms with Crippen molar-refractivity contribution in [1.29, 1.82) is 0 Å². The first-order valence-corrected chi connectivity index (χ1v) is 12.0. The topological polar surface area (TPSA) is 121 Å². The fraction of sp³-hybridized carbons (Fsp3) is 0.423. The lowest BCUT2D eigenvalue weighted by Gasteiger charge is -2.33. The van der Waals surface area contributed by atoms with E-state index in [9.17, 15) is 9.90 Å². The molecular weight excluding hydrogens is 442 g/mol. The molecule has 0 aliphatic carbocycles. The van der Waals surface area contributed by atoms with E-state index >= 15 is 0 Å². The van der Waals surface area contributed by atoms with Gasteiger partial charge in [-0.1, -0.05) is 38.6 Å². The van der Waals surface area contributed by atoms with Crippen molar-refractivity contribution in [2.45, 2.75) is 38.8 Å². The number of amides is 1. The predicted octanol–water partition coefficient (Wildman–Crippen LogP) is 2.69. The minimum atomic E-state index is -0.531. The van der Waals surface area contributed by atoms with Crippen LogP contribution in [0.25, 0.3) is 11.2 Å². The van der Waals surface area contributed by atoms with Crippen molar-refractivity contribution in [2.24, 2.45) is 11.7 Å². The summed E-state index contributed by atoms with van der Waals surface area (Å²) in [6.45, 7) is 10.9. The van der Waals surface area contributed by atoms with Gasteiger partial charge in [-0.15, -0.1) is 5.10 Å². The molecule has 1 aliphatic heterocycles. The van der Waals surface area contributed by atoms with Gasteiger partial charge in [-0.3, -0.25) is 4.79 Å². The number of carbonyl (C=O) groups is 1. The molecule has 2 aromatic heterocycles. The number of piperidine rings is 1. The number of nitrogens with zero attached hydrogens (tertiary/aromatic N) is 4. The molecule has 1 fully saturated rings. The van der Waals surface area contributed by atoms with Gasteiger partial charge in [-0.25, -0.2) is 4.98 Å². The number of aliphatic hydroxyl groups excluding tert-OH is 1. The van der Waals surface area contributed by atoms with E-state index in [4.69, 9.17) is 10.8 Å². The van der Waals surface area contributed by atoms with Gasteiger partial charge in [-0.2, -0.15) is 4.52 Å². The fourth-order valence-corrected chi connectivity index (χ4v) is 4.57. The molecule has 9 heteroatoms. The number of anilines is 2. The lowest BCUT2D eigenvalue weighted by molar-refractivity contribution is -0.112. The smallest absolute Gasteiger partial charge is 0.248 e. The molecule has 3 heterocycles. The van der Waals surface area contributed by atoms with Gasteiger partial charge in [-0.05, 0) is 49.2 Å². The molecule has 1 aromatic carbocycles. The first-order valence-electron chi connectivity index (χ1n) is 12.0. The number of β-amino-alcohol motifs (C(OH)–C–C–N with tert-alkyl or cyclic N) is 1. The number of nitrogens with one attached hydrogen (secondary N) is 2. The molecule has 1 amide bonds. The molecule has 0 saturated carbocycles. The van der Waals surface area contributed by atoms with Gasteiger partial charge in [0, 0.05) is 42.9 Å². The number of likely N-dealkylation sites (N-methyl/N-ethyl adjacent to an activating group) is 1. The Morgan fingerprint density at radius 2 is 2.11 bits per heavy atom. The van der Waals surface area contributed by atoms with Gasteiger partial charge in [0.2, 0.25) is 5.91 Å². The lowest BCUT2D eigenvalue weighted by atomic mass is 9.94. The number of benzene rings is 1. The van der Waals surface area contributed by atoms with Crippen LogP contribution in [0.15, 0.2) is 43.1 Å². The minimum Gasteiger partial charge on any atom is -0.391 e. The van der Waals surface area contributed by atoms with E-state index in [-0.39, 0.29) is 23.5 Å². The Balaban J connectivity index is 1.54. The Morgan fingerprint density at radius 1 is 1.31 bits per heavy atom. The molecule has 0 unspecified atom stereocenters. The second-order valence-corrected chi connectivity index (χ2v) is 9.64. The molecule has 1 aliphatic rings. The van der Waals surface area contributed by atoms with Crippen LogP contribution < -0.4 is 16.4 Å². The van der Waals surface area contributed by atoms with E-state index < -0.39 is 5.91 Å². The maximum Gasteiger partial charge on any atom is 0.248 e. The van der Waals surface area contributed by atoms with E-state index in [1.807, 2.05) is 41.9 Å². The Bertz CT molecular complexity index is 1220. The molecule has 3 aromatic rings. The molecule has 2 atom stereocenters. The third-order valence-electron chi connectivity index (χ3n) is 6.63. The Kier molecular flexibility index (Phi) is 7.37. The molecule has 35 heavy (non-hydrogen) atoms. The van der Waals surface area contributed by atoms with Gasteiger partial charge < -0.3 is 26.4 Å². The van der Waals surface area contributed by atoms with E-state index in [1.165, 1.54) is 0 Å². The van der Waals surface area contributed by atoms with Crippen molar-refractivity contribution >= 4 is 28.8 Å². The number of aliphatic hydroxyl groups is 1. The van der Waals surface area contributed by atoms with Crippen molar-refractivity contribution in [3.8, 4) is 0 Å². The van der Waals surface area contributed by atoms with Crippen LogP contribution >= 0.6 is 0 Å². The molecular formula is C26H35N7O2. The first-order chi connectivity index (χ1) is 16.7. The number of fused-ring (bicyclic) bond motifs is 1. The van der Waals surface area contributed by atoms with Crippen molar-refractivity contribution in [1.82, 2.24) is 19.5 Å². The number of hydrogen-bond acceptors (Lipinski definition) is 7. The van der Waals surface area contributed by atoms with Crippen molar-refractivity contribution in [3.05, 3.63) is 59.8 Å². The van der Waals surface area contributed by atoms with Gasteiger partial charge in [0.25, 0.3) is 0 Å². The third kappa shape index (κ3) is 5.47. The van der Waals surface area contributed by atoms with E-state index in [2.05, 4.69) is 40.9 Å².